The van der Waals surface area contributed by atoms with Gasteiger partial charge in [0.15, 0.2) is 5.78 Å². The molecule has 0 radical (unpaired) electrons. The number of carbonyl (C=O) groups is 1. The zero-order chi connectivity index (χ0) is 13.1. The van der Waals surface area contributed by atoms with Gasteiger partial charge in [0.25, 0.3) is 0 Å². The maximum atomic E-state index is 11.5. The summed E-state index contributed by atoms with van der Waals surface area (Å²) in [6, 6.07) is 4.47. The molecule has 1 aromatic rings. The van der Waals surface area contributed by atoms with E-state index in [2.05, 4.69) is 4.72 Å². The molecule has 0 atom stereocenters. The summed E-state index contributed by atoms with van der Waals surface area (Å²) in [5, 5.41) is 0.245. The Balaban J connectivity index is 2.96. The molecule has 0 spiro atoms. The lowest BCUT2D eigenvalue weighted by atomic mass is 10.1. The molecule has 0 unspecified atom stereocenters. The van der Waals surface area contributed by atoms with Gasteiger partial charge in [-0.05, 0) is 31.5 Å². The van der Waals surface area contributed by atoms with Gasteiger partial charge in [0.1, 0.15) is 0 Å². The van der Waals surface area contributed by atoms with Crippen LogP contribution in [0, 0.1) is 0 Å². The number of carbonyl (C=O) groups excluding carboxylic acids is 1. The zero-order valence-corrected chi connectivity index (χ0v) is 11.2. The Morgan fingerprint density at radius 1 is 1.41 bits per heavy atom. The summed E-state index contributed by atoms with van der Waals surface area (Å²) in [6.45, 7) is 3.19. The zero-order valence-electron chi connectivity index (χ0n) is 9.66. The van der Waals surface area contributed by atoms with E-state index in [1.54, 1.807) is 6.92 Å². The second-order valence-corrected chi connectivity index (χ2v) is 5.92. The molecule has 0 saturated heterocycles. The molecule has 0 aliphatic heterocycles. The number of ketones is 1. The first-order valence-electron chi connectivity index (χ1n) is 5.16. The molecule has 0 aliphatic rings. The molecule has 6 heteroatoms. The highest BCUT2D eigenvalue weighted by molar-refractivity contribution is 7.92. The van der Waals surface area contributed by atoms with Crippen molar-refractivity contribution in [1.29, 1.82) is 0 Å². The molecule has 17 heavy (non-hydrogen) atoms. The van der Waals surface area contributed by atoms with Gasteiger partial charge in [0.2, 0.25) is 10.0 Å². The monoisotopic (exact) mass is 275 g/mol. The molecular formula is C11H14ClNO3S. The van der Waals surface area contributed by atoms with Crippen molar-refractivity contribution >= 4 is 33.1 Å². The number of sulfonamides is 1. The minimum absolute atomic E-state index is 0.0546. The van der Waals surface area contributed by atoms with E-state index in [-0.39, 0.29) is 16.6 Å². The van der Waals surface area contributed by atoms with Crippen molar-refractivity contribution < 1.29 is 13.2 Å². The van der Waals surface area contributed by atoms with E-state index in [0.29, 0.717) is 17.7 Å². The van der Waals surface area contributed by atoms with Gasteiger partial charge < -0.3 is 0 Å². The average molecular weight is 276 g/mol. The summed E-state index contributed by atoms with van der Waals surface area (Å²) in [5.74, 6) is -0.100. The molecule has 0 saturated carbocycles. The summed E-state index contributed by atoms with van der Waals surface area (Å²) in [4.78, 5) is 11.1. The normalized spacial score (nSPS) is 11.2. The van der Waals surface area contributed by atoms with Crippen LogP contribution in [0.25, 0.3) is 0 Å². The van der Waals surface area contributed by atoms with Gasteiger partial charge in [-0.25, -0.2) is 8.42 Å². The molecular weight excluding hydrogens is 262 g/mol. The Morgan fingerprint density at radius 2 is 2.06 bits per heavy atom. The van der Waals surface area contributed by atoms with Crippen molar-refractivity contribution in [2.45, 2.75) is 20.3 Å². The summed E-state index contributed by atoms with van der Waals surface area (Å²) in [5.41, 5.74) is 0.749. The molecule has 4 nitrogen and oxygen atoms in total. The highest BCUT2D eigenvalue weighted by Crippen LogP contribution is 2.22. The number of hydrogen-bond donors (Lipinski definition) is 1. The van der Waals surface area contributed by atoms with Gasteiger partial charge in [-0.15, -0.1) is 0 Å². The fourth-order valence-electron chi connectivity index (χ4n) is 1.36. The number of rotatable bonds is 5. The first kappa shape index (κ1) is 14.0. The molecule has 0 bridgehead atoms. The van der Waals surface area contributed by atoms with Crippen molar-refractivity contribution in [3.8, 4) is 0 Å². The lowest BCUT2D eigenvalue weighted by Gasteiger charge is -2.08. The van der Waals surface area contributed by atoms with Crippen LogP contribution in [0.1, 0.15) is 30.6 Å². The molecule has 0 aliphatic carbocycles. The largest absolute Gasteiger partial charge is 0.294 e. The van der Waals surface area contributed by atoms with Crippen LogP contribution in [0.2, 0.25) is 5.02 Å². The third-order valence-corrected chi connectivity index (χ3v) is 3.90. The summed E-state index contributed by atoms with van der Waals surface area (Å²) in [6.07, 6.45) is 0.536. The summed E-state index contributed by atoms with van der Waals surface area (Å²) >= 11 is 5.87. The maximum absolute atomic E-state index is 11.5. The number of benzene rings is 1. The van der Waals surface area contributed by atoms with Crippen molar-refractivity contribution in [2.24, 2.45) is 0 Å². The van der Waals surface area contributed by atoms with Gasteiger partial charge in [-0.1, -0.05) is 18.5 Å². The lowest BCUT2D eigenvalue weighted by Crippen LogP contribution is -2.16. The lowest BCUT2D eigenvalue weighted by molar-refractivity contribution is 0.101. The second-order valence-electron chi connectivity index (χ2n) is 3.67. The van der Waals surface area contributed by atoms with Crippen LogP contribution in [0.3, 0.4) is 0 Å². The van der Waals surface area contributed by atoms with Crippen molar-refractivity contribution in [3.63, 3.8) is 0 Å². The highest BCUT2D eigenvalue weighted by Gasteiger charge is 2.11. The van der Waals surface area contributed by atoms with E-state index in [0.717, 1.165) is 0 Å². The van der Waals surface area contributed by atoms with Crippen LogP contribution in [0.15, 0.2) is 18.2 Å². The van der Waals surface area contributed by atoms with Crippen LogP contribution >= 0.6 is 11.6 Å². The van der Waals surface area contributed by atoms with Crippen molar-refractivity contribution in [1.82, 2.24) is 0 Å². The van der Waals surface area contributed by atoms with E-state index >= 15 is 0 Å². The number of nitrogens with one attached hydrogen (secondary N) is 1. The fraction of sp³-hybridized carbons (Fsp3) is 0.364. The Hall–Kier alpha value is -1.07. The Bertz CT molecular complexity index is 526. The molecule has 0 aromatic heterocycles. The van der Waals surface area contributed by atoms with Gasteiger partial charge in [0, 0.05) is 11.3 Å². The van der Waals surface area contributed by atoms with Gasteiger partial charge in [-0.3, -0.25) is 9.52 Å². The Morgan fingerprint density at radius 3 is 2.53 bits per heavy atom. The van der Waals surface area contributed by atoms with Crippen molar-refractivity contribution in [3.05, 3.63) is 28.8 Å². The molecule has 1 aromatic carbocycles. The highest BCUT2D eigenvalue weighted by atomic mass is 35.5. The standard InChI is InChI=1S/C11H14ClNO3S/c1-3-6-17(15,16)13-9-4-5-10(8(2)14)11(12)7-9/h4-5,7,13H,3,6H2,1-2H3. The third-order valence-electron chi connectivity index (χ3n) is 2.09. The number of hydrogen-bond acceptors (Lipinski definition) is 3. The number of halogens is 1. The smallest absolute Gasteiger partial charge is 0.232 e. The first-order valence-corrected chi connectivity index (χ1v) is 7.19. The van der Waals surface area contributed by atoms with E-state index in [1.807, 2.05) is 0 Å². The fourth-order valence-corrected chi connectivity index (χ4v) is 2.80. The van der Waals surface area contributed by atoms with Crippen LogP contribution in [-0.2, 0) is 10.0 Å². The molecule has 1 N–H and O–H groups in total. The van der Waals surface area contributed by atoms with Gasteiger partial charge in [-0.2, -0.15) is 0 Å². The Kier molecular flexibility index (Phi) is 4.54. The minimum Gasteiger partial charge on any atom is -0.294 e. The number of Topliss-reactive ketones (excluding diaryl/α,β-unsaturated/α-hetero) is 1. The predicted molar refractivity (Wildman–Crippen MR) is 69.2 cm³/mol. The molecule has 0 amide bonds. The van der Waals surface area contributed by atoms with Gasteiger partial charge >= 0.3 is 0 Å². The molecule has 1 rings (SSSR count). The Labute approximate surface area is 106 Å². The predicted octanol–water partition coefficient (Wildman–Crippen LogP) is 2.69. The van der Waals surface area contributed by atoms with E-state index in [9.17, 15) is 13.2 Å². The quantitative estimate of drug-likeness (QED) is 0.841. The van der Waals surface area contributed by atoms with Crippen molar-refractivity contribution in [2.75, 3.05) is 10.5 Å². The van der Waals surface area contributed by atoms with Gasteiger partial charge in [0.05, 0.1) is 10.8 Å². The first-order chi connectivity index (χ1) is 7.85. The van der Waals surface area contributed by atoms with E-state index < -0.39 is 10.0 Å². The summed E-state index contributed by atoms with van der Waals surface area (Å²) in [7, 11) is -3.33. The molecule has 0 heterocycles. The molecule has 0 fully saturated rings. The van der Waals surface area contributed by atoms with E-state index in [1.165, 1.54) is 25.1 Å². The SMILES string of the molecule is CCCS(=O)(=O)Nc1ccc(C(C)=O)c(Cl)c1. The second kappa shape index (κ2) is 5.51. The maximum Gasteiger partial charge on any atom is 0.232 e. The van der Waals surface area contributed by atoms with Crippen LogP contribution in [0.5, 0.6) is 0 Å². The number of anilines is 1. The average Bonchev–Trinajstić information content (AvgIpc) is 2.15. The van der Waals surface area contributed by atoms with Crippen LogP contribution in [-0.4, -0.2) is 20.0 Å². The van der Waals surface area contributed by atoms with Crippen LogP contribution in [0.4, 0.5) is 5.69 Å². The minimum atomic E-state index is -3.33. The summed E-state index contributed by atoms with van der Waals surface area (Å²) < 4.78 is 25.4. The van der Waals surface area contributed by atoms with E-state index in [4.69, 9.17) is 11.6 Å². The third kappa shape index (κ3) is 4.02. The topological polar surface area (TPSA) is 63.2 Å². The molecule has 94 valence electrons. The van der Waals surface area contributed by atoms with Crippen LogP contribution < -0.4 is 4.72 Å².